The van der Waals surface area contributed by atoms with E-state index in [0.717, 1.165) is 18.3 Å². The van der Waals surface area contributed by atoms with Crippen LogP contribution in [0.3, 0.4) is 0 Å². The van der Waals surface area contributed by atoms with Crippen molar-refractivity contribution in [1.29, 1.82) is 0 Å². The van der Waals surface area contributed by atoms with Crippen molar-refractivity contribution in [2.45, 2.75) is 25.1 Å². The molecule has 4 nitrogen and oxygen atoms in total. The third kappa shape index (κ3) is 4.30. The van der Waals surface area contributed by atoms with Gasteiger partial charge in [0.15, 0.2) is 0 Å². The van der Waals surface area contributed by atoms with Crippen molar-refractivity contribution >= 4 is 5.91 Å². The third-order valence-electron chi connectivity index (χ3n) is 4.15. The Morgan fingerprint density at radius 2 is 2.04 bits per heavy atom. The van der Waals surface area contributed by atoms with Gasteiger partial charge < -0.3 is 9.64 Å². The number of ether oxygens (including phenoxy) is 1. The molecule has 1 saturated heterocycles. The number of carbonyl (C=O) groups is 1. The molecule has 1 amide bonds. The Balaban J connectivity index is 1.59. The van der Waals surface area contributed by atoms with Crippen LogP contribution in [0.2, 0.25) is 0 Å². The Bertz CT molecular complexity index is 795. The number of alkyl halides is 3. The van der Waals surface area contributed by atoms with Crippen LogP contribution in [-0.2, 0) is 17.4 Å². The first-order valence-corrected chi connectivity index (χ1v) is 8.04. The Kier molecular flexibility index (Phi) is 5.11. The first kappa shape index (κ1) is 18.2. The molecule has 0 N–H and O–H groups in total. The fourth-order valence-corrected chi connectivity index (χ4v) is 2.79. The summed E-state index contributed by atoms with van der Waals surface area (Å²) >= 11 is 0. The van der Waals surface area contributed by atoms with Crippen molar-refractivity contribution in [2.75, 3.05) is 13.1 Å². The van der Waals surface area contributed by atoms with Crippen molar-refractivity contribution in [1.82, 2.24) is 9.88 Å². The third-order valence-corrected chi connectivity index (χ3v) is 4.15. The largest absolute Gasteiger partial charge is 0.472 e. The van der Waals surface area contributed by atoms with Crippen LogP contribution in [0.25, 0.3) is 0 Å². The van der Waals surface area contributed by atoms with E-state index in [2.05, 4.69) is 4.98 Å². The van der Waals surface area contributed by atoms with E-state index in [1.807, 2.05) is 0 Å². The number of hydrogen-bond donors (Lipinski definition) is 0. The number of benzene rings is 1. The predicted molar refractivity (Wildman–Crippen MR) is 85.0 cm³/mol. The van der Waals surface area contributed by atoms with Crippen LogP contribution in [0.4, 0.5) is 17.6 Å². The number of rotatable bonds is 4. The predicted octanol–water partition coefficient (Wildman–Crippen LogP) is 3.46. The molecule has 1 aliphatic rings. The number of likely N-dealkylation sites (tertiary alicyclic amines) is 1. The molecule has 8 heteroatoms. The topological polar surface area (TPSA) is 42.4 Å². The highest BCUT2D eigenvalue weighted by atomic mass is 19.4. The Labute approximate surface area is 147 Å². The molecule has 3 rings (SSSR count). The van der Waals surface area contributed by atoms with Crippen LogP contribution in [0.1, 0.15) is 17.5 Å². The van der Waals surface area contributed by atoms with E-state index >= 15 is 0 Å². The van der Waals surface area contributed by atoms with Crippen LogP contribution in [0.15, 0.2) is 42.6 Å². The minimum absolute atomic E-state index is 0.0683. The molecule has 1 aromatic carbocycles. The zero-order chi connectivity index (χ0) is 18.7. The molecule has 2 heterocycles. The van der Waals surface area contributed by atoms with Gasteiger partial charge in [-0.2, -0.15) is 13.2 Å². The van der Waals surface area contributed by atoms with E-state index in [1.54, 1.807) is 18.2 Å². The fraction of sp³-hybridized carbons (Fsp3) is 0.333. The Morgan fingerprint density at radius 1 is 1.27 bits per heavy atom. The van der Waals surface area contributed by atoms with Gasteiger partial charge in [0, 0.05) is 25.2 Å². The molecule has 26 heavy (non-hydrogen) atoms. The Morgan fingerprint density at radius 3 is 2.77 bits per heavy atom. The highest BCUT2D eigenvalue weighted by Gasteiger charge is 2.32. The standard InChI is InChI=1S/C18H16F4N2O2/c19-15-4-2-1-3-12(15)9-17(25)24-8-6-14(11-24)26-16-10-13(5-7-23-16)18(20,21)22/h1-5,7,10,14H,6,8-9,11H2/t14-/m0/s1. The number of halogens is 4. The van der Waals surface area contributed by atoms with Gasteiger partial charge in [-0.25, -0.2) is 9.37 Å². The normalized spacial score (nSPS) is 17.4. The van der Waals surface area contributed by atoms with Crippen LogP contribution in [-0.4, -0.2) is 35.0 Å². The van der Waals surface area contributed by atoms with Crippen LogP contribution < -0.4 is 4.74 Å². The van der Waals surface area contributed by atoms with Gasteiger partial charge in [0.05, 0.1) is 18.5 Å². The minimum atomic E-state index is -4.47. The summed E-state index contributed by atoms with van der Waals surface area (Å²) in [7, 11) is 0. The molecule has 1 aliphatic heterocycles. The molecular formula is C18H16F4N2O2. The lowest BCUT2D eigenvalue weighted by Crippen LogP contribution is -2.32. The first-order chi connectivity index (χ1) is 12.3. The number of carbonyl (C=O) groups excluding carboxylic acids is 1. The van der Waals surface area contributed by atoms with Gasteiger partial charge in [0.2, 0.25) is 11.8 Å². The zero-order valence-electron chi connectivity index (χ0n) is 13.7. The maximum atomic E-state index is 13.6. The van der Waals surface area contributed by atoms with Crippen molar-refractivity contribution in [2.24, 2.45) is 0 Å². The van der Waals surface area contributed by atoms with Crippen molar-refractivity contribution in [3.05, 3.63) is 59.5 Å². The number of pyridine rings is 1. The fourth-order valence-electron chi connectivity index (χ4n) is 2.79. The van der Waals surface area contributed by atoms with E-state index in [4.69, 9.17) is 4.74 Å². The van der Waals surface area contributed by atoms with Gasteiger partial charge >= 0.3 is 6.18 Å². The Hall–Kier alpha value is -2.64. The minimum Gasteiger partial charge on any atom is -0.472 e. The molecular weight excluding hydrogens is 352 g/mol. The molecule has 1 aromatic heterocycles. The monoisotopic (exact) mass is 368 g/mol. The van der Waals surface area contributed by atoms with E-state index in [1.165, 1.54) is 11.0 Å². The summed E-state index contributed by atoms with van der Waals surface area (Å²) in [6.45, 7) is 0.627. The second kappa shape index (κ2) is 7.31. The summed E-state index contributed by atoms with van der Waals surface area (Å²) in [6, 6.07) is 7.74. The van der Waals surface area contributed by atoms with Crippen LogP contribution in [0, 0.1) is 5.82 Å². The summed E-state index contributed by atoms with van der Waals surface area (Å²) in [5.74, 6) is -0.826. The van der Waals surface area contributed by atoms with Gasteiger partial charge in [0.1, 0.15) is 11.9 Å². The summed E-state index contributed by atoms with van der Waals surface area (Å²) in [6.07, 6.45) is -3.48. The second-order valence-electron chi connectivity index (χ2n) is 6.02. The number of hydrogen-bond acceptors (Lipinski definition) is 3. The number of amides is 1. The molecule has 0 unspecified atom stereocenters. The van der Waals surface area contributed by atoms with Gasteiger partial charge in [-0.15, -0.1) is 0 Å². The quantitative estimate of drug-likeness (QED) is 0.777. The first-order valence-electron chi connectivity index (χ1n) is 8.04. The van der Waals surface area contributed by atoms with Gasteiger partial charge in [-0.1, -0.05) is 18.2 Å². The maximum Gasteiger partial charge on any atom is 0.416 e. The molecule has 0 spiro atoms. The van der Waals surface area contributed by atoms with Crippen molar-refractivity contribution < 1.29 is 27.1 Å². The summed E-state index contributed by atoms with van der Waals surface area (Å²) in [4.78, 5) is 17.6. The molecule has 0 aliphatic carbocycles. The van der Waals surface area contributed by atoms with Crippen LogP contribution >= 0.6 is 0 Å². The lowest BCUT2D eigenvalue weighted by Gasteiger charge is -2.17. The molecule has 0 bridgehead atoms. The van der Waals surface area contributed by atoms with Crippen molar-refractivity contribution in [3.63, 3.8) is 0 Å². The molecule has 0 saturated carbocycles. The van der Waals surface area contributed by atoms with Crippen LogP contribution in [0.5, 0.6) is 5.88 Å². The molecule has 2 aromatic rings. The lowest BCUT2D eigenvalue weighted by atomic mass is 10.1. The number of nitrogens with zero attached hydrogens (tertiary/aromatic N) is 2. The highest BCUT2D eigenvalue weighted by Crippen LogP contribution is 2.31. The summed E-state index contributed by atoms with van der Waals surface area (Å²) in [5, 5.41) is 0. The zero-order valence-corrected chi connectivity index (χ0v) is 13.7. The smallest absolute Gasteiger partial charge is 0.416 e. The van der Waals surface area contributed by atoms with Gasteiger partial charge in [-0.05, 0) is 17.7 Å². The van der Waals surface area contributed by atoms with Gasteiger partial charge in [0.25, 0.3) is 0 Å². The SMILES string of the molecule is O=C(Cc1ccccc1F)N1CC[C@H](Oc2cc(C(F)(F)F)ccn2)C1. The highest BCUT2D eigenvalue weighted by molar-refractivity contribution is 5.79. The van der Waals surface area contributed by atoms with Gasteiger partial charge in [-0.3, -0.25) is 4.79 Å². The molecule has 0 radical (unpaired) electrons. The van der Waals surface area contributed by atoms with Crippen molar-refractivity contribution in [3.8, 4) is 5.88 Å². The molecule has 1 fully saturated rings. The molecule has 138 valence electrons. The average Bonchev–Trinajstić information content (AvgIpc) is 3.05. The average molecular weight is 368 g/mol. The number of aromatic nitrogens is 1. The summed E-state index contributed by atoms with van der Waals surface area (Å²) in [5.41, 5.74) is -0.533. The van der Waals surface area contributed by atoms with E-state index in [-0.39, 0.29) is 24.8 Å². The lowest BCUT2D eigenvalue weighted by molar-refractivity contribution is -0.137. The van der Waals surface area contributed by atoms with E-state index in [9.17, 15) is 22.4 Å². The van der Waals surface area contributed by atoms with E-state index < -0.39 is 23.7 Å². The maximum absolute atomic E-state index is 13.6. The molecule has 1 atom stereocenters. The van der Waals surface area contributed by atoms with E-state index in [0.29, 0.717) is 18.5 Å². The summed E-state index contributed by atoms with van der Waals surface area (Å²) < 4.78 is 57.3. The second-order valence-corrected chi connectivity index (χ2v) is 6.02.